The molecular formula is C24H15F. The maximum Gasteiger partial charge on any atom is 0.139 e. The van der Waals surface area contributed by atoms with Crippen molar-refractivity contribution in [2.45, 2.75) is 0 Å². The highest BCUT2D eigenvalue weighted by atomic mass is 19.1. The quantitative estimate of drug-likeness (QED) is 0.293. The number of rotatable bonds is 1. The van der Waals surface area contributed by atoms with Crippen molar-refractivity contribution in [3.8, 4) is 11.1 Å². The Kier molecular flexibility index (Phi) is 3.07. The van der Waals surface area contributed by atoms with Crippen molar-refractivity contribution in [2.75, 3.05) is 0 Å². The van der Waals surface area contributed by atoms with Crippen LogP contribution in [0, 0.1) is 5.82 Å². The van der Waals surface area contributed by atoms with Crippen LogP contribution < -0.4 is 0 Å². The zero-order valence-corrected chi connectivity index (χ0v) is 13.5. The fraction of sp³-hybridized carbons (Fsp3) is 0. The lowest BCUT2D eigenvalue weighted by molar-refractivity contribution is 0.645. The van der Waals surface area contributed by atoms with Crippen LogP contribution >= 0.6 is 0 Å². The minimum atomic E-state index is -0.148. The van der Waals surface area contributed by atoms with Crippen LogP contribution in [-0.4, -0.2) is 0 Å². The van der Waals surface area contributed by atoms with E-state index in [4.69, 9.17) is 0 Å². The number of hydrogen-bond acceptors (Lipinski definition) is 0. The summed E-state index contributed by atoms with van der Waals surface area (Å²) >= 11 is 0. The molecule has 0 nitrogen and oxygen atoms in total. The first-order chi connectivity index (χ1) is 12.3. The normalized spacial score (nSPS) is 11.4. The summed E-state index contributed by atoms with van der Waals surface area (Å²) in [4.78, 5) is 0. The van der Waals surface area contributed by atoms with Crippen LogP contribution in [-0.2, 0) is 0 Å². The van der Waals surface area contributed by atoms with Gasteiger partial charge in [0.05, 0.1) is 0 Å². The molecule has 0 aliphatic heterocycles. The molecular weight excluding hydrogens is 307 g/mol. The van der Waals surface area contributed by atoms with E-state index >= 15 is 4.39 Å². The van der Waals surface area contributed by atoms with Crippen LogP contribution in [0.15, 0.2) is 91.0 Å². The van der Waals surface area contributed by atoms with E-state index in [1.54, 1.807) is 0 Å². The smallest absolute Gasteiger partial charge is 0.139 e. The van der Waals surface area contributed by atoms with Gasteiger partial charge in [0.25, 0.3) is 0 Å². The standard InChI is InChI=1S/C24H15F/c25-24-22-14-6-4-12-19(22)18-11-3-5-13-21(18)23(24)20-15-7-9-16-8-1-2-10-17(16)20/h1-15H. The largest absolute Gasteiger partial charge is 0.206 e. The first-order valence-corrected chi connectivity index (χ1v) is 8.42. The first-order valence-electron chi connectivity index (χ1n) is 8.42. The molecule has 0 atom stereocenters. The molecule has 5 aromatic carbocycles. The second-order valence-electron chi connectivity index (χ2n) is 6.31. The predicted molar refractivity (Wildman–Crippen MR) is 104 cm³/mol. The molecule has 0 amide bonds. The van der Waals surface area contributed by atoms with Gasteiger partial charge in [-0.15, -0.1) is 0 Å². The van der Waals surface area contributed by atoms with Gasteiger partial charge in [-0.25, -0.2) is 4.39 Å². The topological polar surface area (TPSA) is 0 Å². The summed E-state index contributed by atoms with van der Waals surface area (Å²) < 4.78 is 15.6. The molecule has 0 bridgehead atoms. The van der Waals surface area contributed by atoms with Gasteiger partial charge in [0, 0.05) is 10.9 Å². The third kappa shape index (κ3) is 2.06. The van der Waals surface area contributed by atoms with Crippen LogP contribution in [0.3, 0.4) is 0 Å². The third-order valence-electron chi connectivity index (χ3n) is 4.93. The Balaban J connectivity index is 2.03. The summed E-state index contributed by atoms with van der Waals surface area (Å²) in [6.07, 6.45) is 0. The molecule has 0 fully saturated rings. The SMILES string of the molecule is Fc1c(-c2cccc3ccccc23)c2ccccc2c2ccccc12. The van der Waals surface area contributed by atoms with E-state index in [9.17, 15) is 0 Å². The molecule has 0 aliphatic carbocycles. The lowest BCUT2D eigenvalue weighted by atomic mass is 9.90. The molecule has 5 rings (SSSR count). The van der Waals surface area contributed by atoms with Crippen LogP contribution in [0.1, 0.15) is 0 Å². The van der Waals surface area contributed by atoms with Crippen molar-refractivity contribution in [2.24, 2.45) is 0 Å². The molecule has 0 radical (unpaired) electrons. The second kappa shape index (κ2) is 5.42. The zero-order valence-electron chi connectivity index (χ0n) is 13.5. The molecule has 0 heterocycles. The van der Waals surface area contributed by atoms with Crippen molar-refractivity contribution in [1.82, 2.24) is 0 Å². The van der Waals surface area contributed by atoms with E-state index in [0.29, 0.717) is 10.9 Å². The van der Waals surface area contributed by atoms with E-state index in [1.807, 2.05) is 66.7 Å². The van der Waals surface area contributed by atoms with Crippen LogP contribution in [0.5, 0.6) is 0 Å². The highest BCUT2D eigenvalue weighted by Crippen LogP contribution is 2.40. The highest BCUT2D eigenvalue weighted by Gasteiger charge is 2.16. The monoisotopic (exact) mass is 322 g/mol. The second-order valence-corrected chi connectivity index (χ2v) is 6.31. The summed E-state index contributed by atoms with van der Waals surface area (Å²) in [7, 11) is 0. The van der Waals surface area contributed by atoms with Gasteiger partial charge in [0.2, 0.25) is 0 Å². The molecule has 0 spiro atoms. The van der Waals surface area contributed by atoms with E-state index in [0.717, 1.165) is 32.5 Å². The molecule has 0 aliphatic rings. The first kappa shape index (κ1) is 14.2. The summed E-state index contributed by atoms with van der Waals surface area (Å²) in [5, 5.41) is 5.86. The van der Waals surface area contributed by atoms with Gasteiger partial charge in [-0.1, -0.05) is 91.0 Å². The fourth-order valence-electron chi connectivity index (χ4n) is 3.81. The minimum Gasteiger partial charge on any atom is -0.206 e. The summed E-state index contributed by atoms with van der Waals surface area (Å²) in [6, 6.07) is 30.0. The molecule has 118 valence electrons. The highest BCUT2D eigenvalue weighted by molar-refractivity contribution is 6.16. The van der Waals surface area contributed by atoms with Crippen molar-refractivity contribution < 1.29 is 4.39 Å². The minimum absolute atomic E-state index is 0.148. The Labute approximate surface area is 145 Å². The number of fused-ring (bicyclic) bond motifs is 4. The molecule has 25 heavy (non-hydrogen) atoms. The Bertz CT molecular complexity index is 1250. The Morgan fingerprint density at radius 2 is 0.960 bits per heavy atom. The number of benzene rings is 5. The lowest BCUT2D eigenvalue weighted by Gasteiger charge is -2.14. The van der Waals surface area contributed by atoms with Crippen molar-refractivity contribution in [3.63, 3.8) is 0 Å². The van der Waals surface area contributed by atoms with E-state index in [2.05, 4.69) is 24.3 Å². The van der Waals surface area contributed by atoms with E-state index < -0.39 is 0 Å². The average Bonchev–Trinajstić information content (AvgIpc) is 2.68. The van der Waals surface area contributed by atoms with Gasteiger partial charge < -0.3 is 0 Å². The molecule has 5 aromatic rings. The summed E-state index contributed by atoms with van der Waals surface area (Å²) in [5.74, 6) is -0.148. The maximum absolute atomic E-state index is 15.6. The van der Waals surface area contributed by atoms with Gasteiger partial charge in [0.15, 0.2) is 0 Å². The van der Waals surface area contributed by atoms with Gasteiger partial charge in [-0.3, -0.25) is 0 Å². The molecule has 0 N–H and O–H groups in total. The number of halogens is 1. The van der Waals surface area contributed by atoms with Crippen LogP contribution in [0.4, 0.5) is 4.39 Å². The number of hydrogen-bond donors (Lipinski definition) is 0. The Morgan fingerprint density at radius 1 is 0.440 bits per heavy atom. The fourth-order valence-corrected chi connectivity index (χ4v) is 3.81. The molecule has 1 heteroatoms. The predicted octanol–water partition coefficient (Wildman–Crippen LogP) is 6.95. The molecule has 0 aromatic heterocycles. The molecule has 0 saturated carbocycles. The molecule has 0 saturated heterocycles. The molecule has 0 unspecified atom stereocenters. The van der Waals surface area contributed by atoms with E-state index in [-0.39, 0.29) is 5.82 Å². The Hall–Kier alpha value is -3.19. The van der Waals surface area contributed by atoms with Gasteiger partial charge >= 0.3 is 0 Å². The van der Waals surface area contributed by atoms with Gasteiger partial charge in [-0.2, -0.15) is 0 Å². The zero-order chi connectivity index (χ0) is 16.8. The summed E-state index contributed by atoms with van der Waals surface area (Å²) in [5.41, 5.74) is 1.63. The van der Waals surface area contributed by atoms with Gasteiger partial charge in [-0.05, 0) is 32.5 Å². The average molecular weight is 322 g/mol. The summed E-state index contributed by atoms with van der Waals surface area (Å²) in [6.45, 7) is 0. The van der Waals surface area contributed by atoms with Gasteiger partial charge in [0.1, 0.15) is 5.82 Å². The van der Waals surface area contributed by atoms with Crippen LogP contribution in [0.25, 0.3) is 43.4 Å². The van der Waals surface area contributed by atoms with Crippen molar-refractivity contribution in [1.29, 1.82) is 0 Å². The van der Waals surface area contributed by atoms with Crippen LogP contribution in [0.2, 0.25) is 0 Å². The van der Waals surface area contributed by atoms with E-state index in [1.165, 1.54) is 0 Å². The van der Waals surface area contributed by atoms with Crippen molar-refractivity contribution >= 4 is 32.3 Å². The lowest BCUT2D eigenvalue weighted by Crippen LogP contribution is -1.92. The van der Waals surface area contributed by atoms with Crippen molar-refractivity contribution in [3.05, 3.63) is 96.8 Å². The third-order valence-corrected chi connectivity index (χ3v) is 4.93. The Morgan fingerprint density at radius 3 is 1.72 bits per heavy atom. The maximum atomic E-state index is 15.6.